The number of pyridine rings is 1. The van der Waals surface area contributed by atoms with Crippen molar-refractivity contribution in [1.29, 1.82) is 0 Å². The van der Waals surface area contributed by atoms with Crippen molar-refractivity contribution in [2.75, 3.05) is 0 Å². The van der Waals surface area contributed by atoms with E-state index in [1.165, 1.54) is 12.4 Å². The molecule has 0 aromatic carbocycles. The van der Waals surface area contributed by atoms with E-state index in [1.807, 2.05) is 25.1 Å². The first-order chi connectivity index (χ1) is 8.16. The van der Waals surface area contributed by atoms with Crippen LogP contribution in [0.5, 0.6) is 0 Å². The number of amides is 1. The van der Waals surface area contributed by atoms with Gasteiger partial charge in [0.25, 0.3) is 5.91 Å². The van der Waals surface area contributed by atoms with Gasteiger partial charge in [0.15, 0.2) is 0 Å². The second kappa shape index (κ2) is 4.69. The number of hydrogen-bond acceptors (Lipinski definition) is 4. The van der Waals surface area contributed by atoms with E-state index in [0.717, 1.165) is 11.4 Å². The number of hydrogen-bond donors (Lipinski definition) is 1. The van der Waals surface area contributed by atoms with Crippen LogP contribution in [0.3, 0.4) is 0 Å². The normalized spacial score (nSPS) is 10.2. The quantitative estimate of drug-likeness (QED) is 0.845. The van der Waals surface area contributed by atoms with Gasteiger partial charge in [0, 0.05) is 30.2 Å². The summed E-state index contributed by atoms with van der Waals surface area (Å²) < 4.78 is 0. The fourth-order valence-corrected chi connectivity index (χ4v) is 1.57. The smallest absolute Gasteiger partial charge is 0.269 e. The van der Waals surface area contributed by atoms with Gasteiger partial charge in [0.05, 0.1) is 5.69 Å². The van der Waals surface area contributed by atoms with Gasteiger partial charge in [-0.1, -0.05) is 6.07 Å². The van der Waals surface area contributed by atoms with Crippen LogP contribution >= 0.6 is 0 Å². The third kappa shape index (κ3) is 2.63. The van der Waals surface area contributed by atoms with Crippen LogP contribution in [0.4, 0.5) is 0 Å². The minimum absolute atomic E-state index is 0.204. The van der Waals surface area contributed by atoms with Crippen LogP contribution in [0.2, 0.25) is 0 Å². The fraction of sp³-hybridized carbons (Fsp3) is 0.167. The lowest BCUT2D eigenvalue weighted by molar-refractivity contribution is 0.0994. The van der Waals surface area contributed by atoms with Gasteiger partial charge >= 0.3 is 0 Å². The predicted octanol–water partition coefficient (Wildman–Crippen LogP) is 0.870. The minimum Gasteiger partial charge on any atom is -0.364 e. The van der Waals surface area contributed by atoms with Gasteiger partial charge < -0.3 is 5.73 Å². The molecule has 0 radical (unpaired) electrons. The molecule has 2 aromatic heterocycles. The maximum atomic E-state index is 11.2. The SMILES string of the molecule is Cc1cccc(Cc2nccnc2C(N)=O)n1. The summed E-state index contributed by atoms with van der Waals surface area (Å²) in [5, 5.41) is 0. The van der Waals surface area contributed by atoms with Crippen molar-refractivity contribution in [2.45, 2.75) is 13.3 Å². The molecule has 2 rings (SSSR count). The molecule has 0 saturated heterocycles. The molecule has 5 heteroatoms. The highest BCUT2D eigenvalue weighted by Crippen LogP contribution is 2.08. The number of carbonyl (C=O) groups is 1. The van der Waals surface area contributed by atoms with Crippen LogP contribution in [-0.4, -0.2) is 20.9 Å². The second-order valence-corrected chi connectivity index (χ2v) is 3.66. The first kappa shape index (κ1) is 11.2. The van der Waals surface area contributed by atoms with Crippen LogP contribution in [0.1, 0.15) is 27.6 Å². The van der Waals surface area contributed by atoms with E-state index in [4.69, 9.17) is 5.73 Å². The number of aromatic nitrogens is 3. The summed E-state index contributed by atoms with van der Waals surface area (Å²) in [5.41, 5.74) is 7.76. The molecule has 0 atom stereocenters. The van der Waals surface area contributed by atoms with Crippen LogP contribution < -0.4 is 5.73 Å². The number of aryl methyl sites for hydroxylation is 1. The van der Waals surface area contributed by atoms with E-state index in [-0.39, 0.29) is 5.69 Å². The van der Waals surface area contributed by atoms with Crippen LogP contribution in [0.15, 0.2) is 30.6 Å². The van der Waals surface area contributed by atoms with E-state index in [0.29, 0.717) is 12.1 Å². The predicted molar refractivity (Wildman–Crippen MR) is 62.3 cm³/mol. The van der Waals surface area contributed by atoms with Gasteiger partial charge in [-0.15, -0.1) is 0 Å². The number of primary amides is 1. The lowest BCUT2D eigenvalue weighted by Gasteiger charge is -2.04. The maximum absolute atomic E-state index is 11.2. The summed E-state index contributed by atoms with van der Waals surface area (Å²) in [6.07, 6.45) is 3.44. The average molecular weight is 228 g/mol. The van der Waals surface area contributed by atoms with Crippen LogP contribution in [-0.2, 0) is 6.42 Å². The Kier molecular flexibility index (Phi) is 3.09. The van der Waals surface area contributed by atoms with Gasteiger partial charge in [-0.3, -0.25) is 14.8 Å². The highest BCUT2D eigenvalue weighted by molar-refractivity contribution is 5.91. The Labute approximate surface area is 98.7 Å². The van der Waals surface area contributed by atoms with E-state index in [1.54, 1.807) is 0 Å². The number of rotatable bonds is 3. The second-order valence-electron chi connectivity index (χ2n) is 3.66. The zero-order valence-corrected chi connectivity index (χ0v) is 9.42. The van der Waals surface area contributed by atoms with Gasteiger partial charge in [0.1, 0.15) is 5.69 Å². The molecular formula is C12H12N4O. The Morgan fingerprint density at radius 2 is 2.06 bits per heavy atom. The molecule has 0 aliphatic rings. The zero-order valence-electron chi connectivity index (χ0n) is 9.42. The molecule has 17 heavy (non-hydrogen) atoms. The molecule has 86 valence electrons. The van der Waals surface area contributed by atoms with E-state index < -0.39 is 5.91 Å². The van der Waals surface area contributed by atoms with Crippen molar-refractivity contribution in [2.24, 2.45) is 5.73 Å². The topological polar surface area (TPSA) is 81.8 Å². The van der Waals surface area contributed by atoms with Crippen molar-refractivity contribution in [3.8, 4) is 0 Å². The molecule has 0 fully saturated rings. The molecule has 0 unspecified atom stereocenters. The largest absolute Gasteiger partial charge is 0.364 e. The summed E-state index contributed by atoms with van der Waals surface area (Å²) in [4.78, 5) is 23.6. The summed E-state index contributed by atoms with van der Waals surface area (Å²) in [5.74, 6) is -0.569. The summed E-state index contributed by atoms with van der Waals surface area (Å²) in [6.45, 7) is 1.91. The lowest BCUT2D eigenvalue weighted by atomic mass is 10.1. The Morgan fingerprint density at radius 3 is 2.76 bits per heavy atom. The Hall–Kier alpha value is -2.30. The van der Waals surface area contributed by atoms with Crippen molar-refractivity contribution in [3.63, 3.8) is 0 Å². The highest BCUT2D eigenvalue weighted by atomic mass is 16.1. The van der Waals surface area contributed by atoms with Gasteiger partial charge in [-0.2, -0.15) is 0 Å². The minimum atomic E-state index is -0.569. The van der Waals surface area contributed by atoms with Crippen molar-refractivity contribution >= 4 is 5.91 Å². The van der Waals surface area contributed by atoms with E-state index in [9.17, 15) is 4.79 Å². The zero-order chi connectivity index (χ0) is 12.3. The van der Waals surface area contributed by atoms with Crippen molar-refractivity contribution in [3.05, 3.63) is 53.4 Å². The van der Waals surface area contributed by atoms with E-state index >= 15 is 0 Å². The first-order valence-electron chi connectivity index (χ1n) is 5.19. The third-order valence-corrected chi connectivity index (χ3v) is 2.30. The molecule has 5 nitrogen and oxygen atoms in total. The third-order valence-electron chi connectivity index (χ3n) is 2.30. The molecule has 0 aliphatic heterocycles. The lowest BCUT2D eigenvalue weighted by Crippen LogP contribution is -2.17. The molecule has 0 spiro atoms. The first-order valence-corrected chi connectivity index (χ1v) is 5.19. The molecule has 0 aliphatic carbocycles. The molecular weight excluding hydrogens is 216 g/mol. The Balaban J connectivity index is 2.33. The fourth-order valence-electron chi connectivity index (χ4n) is 1.57. The standard InChI is InChI=1S/C12H12N4O/c1-8-3-2-4-9(16-8)7-10-11(12(13)17)15-6-5-14-10/h2-6H,7H2,1H3,(H2,13,17). The molecule has 1 amide bonds. The summed E-state index contributed by atoms with van der Waals surface area (Å²) in [6, 6.07) is 5.71. The Morgan fingerprint density at radius 1 is 1.29 bits per heavy atom. The average Bonchev–Trinajstić information content (AvgIpc) is 2.29. The van der Waals surface area contributed by atoms with Gasteiger partial charge in [0.2, 0.25) is 0 Å². The number of nitrogens with two attached hydrogens (primary N) is 1. The van der Waals surface area contributed by atoms with Crippen LogP contribution in [0.25, 0.3) is 0 Å². The number of nitrogens with zero attached hydrogens (tertiary/aromatic N) is 3. The molecule has 0 bridgehead atoms. The number of carbonyl (C=O) groups excluding carboxylic acids is 1. The Bertz CT molecular complexity index is 554. The van der Waals surface area contributed by atoms with Gasteiger partial charge in [-0.25, -0.2) is 4.98 Å². The molecule has 2 aromatic rings. The highest BCUT2D eigenvalue weighted by Gasteiger charge is 2.11. The molecule has 2 heterocycles. The van der Waals surface area contributed by atoms with Crippen LogP contribution in [0, 0.1) is 6.92 Å². The summed E-state index contributed by atoms with van der Waals surface area (Å²) in [7, 11) is 0. The summed E-state index contributed by atoms with van der Waals surface area (Å²) >= 11 is 0. The van der Waals surface area contributed by atoms with Crippen molar-refractivity contribution < 1.29 is 4.79 Å². The van der Waals surface area contributed by atoms with E-state index in [2.05, 4.69) is 15.0 Å². The molecule has 2 N–H and O–H groups in total. The van der Waals surface area contributed by atoms with Gasteiger partial charge in [-0.05, 0) is 19.1 Å². The monoisotopic (exact) mass is 228 g/mol. The molecule has 0 saturated carbocycles. The maximum Gasteiger partial charge on any atom is 0.269 e. The van der Waals surface area contributed by atoms with Crippen molar-refractivity contribution in [1.82, 2.24) is 15.0 Å².